The fourth-order valence-corrected chi connectivity index (χ4v) is 1.81. The predicted octanol–water partition coefficient (Wildman–Crippen LogP) is 1.38. The number of nitrogens with zero attached hydrogens (tertiary/aromatic N) is 1. The Morgan fingerprint density at radius 3 is 2.53 bits per heavy atom. The number of nitrogens with one attached hydrogen (secondary N) is 1. The van der Waals surface area contributed by atoms with E-state index in [0.717, 1.165) is 6.54 Å². The first-order valence-electron chi connectivity index (χ1n) is 6.35. The SMILES string of the molecule is CCOC(=O)CNC(=O)N(CC)CC1CCC1. The first kappa shape index (κ1) is 13.8. The highest BCUT2D eigenvalue weighted by Crippen LogP contribution is 2.26. The fourth-order valence-electron chi connectivity index (χ4n) is 1.81. The maximum Gasteiger partial charge on any atom is 0.325 e. The standard InChI is InChI=1S/C12H22N2O3/c1-3-14(9-10-6-5-7-10)12(16)13-8-11(15)17-4-2/h10H,3-9H2,1-2H3,(H,13,16). The monoisotopic (exact) mass is 242 g/mol. The molecular weight excluding hydrogens is 220 g/mol. The van der Waals surface area contributed by atoms with Gasteiger partial charge in [-0.3, -0.25) is 4.79 Å². The Morgan fingerprint density at radius 1 is 1.35 bits per heavy atom. The van der Waals surface area contributed by atoms with E-state index in [0.29, 0.717) is 19.1 Å². The molecule has 1 aliphatic rings. The van der Waals surface area contributed by atoms with Gasteiger partial charge in [-0.05, 0) is 32.6 Å². The molecule has 0 spiro atoms. The van der Waals surface area contributed by atoms with Crippen molar-refractivity contribution >= 4 is 12.0 Å². The molecule has 0 saturated heterocycles. The Kier molecular flexibility index (Phi) is 5.80. The maximum atomic E-state index is 11.8. The van der Waals surface area contributed by atoms with Crippen molar-refractivity contribution in [2.24, 2.45) is 5.92 Å². The molecule has 17 heavy (non-hydrogen) atoms. The zero-order chi connectivity index (χ0) is 12.7. The first-order valence-corrected chi connectivity index (χ1v) is 6.35. The third kappa shape index (κ3) is 4.63. The molecule has 0 aliphatic heterocycles. The van der Waals surface area contributed by atoms with Gasteiger partial charge in [0.2, 0.25) is 0 Å². The summed E-state index contributed by atoms with van der Waals surface area (Å²) in [5.41, 5.74) is 0. The molecule has 1 fully saturated rings. The molecule has 0 aromatic heterocycles. The number of hydrogen-bond donors (Lipinski definition) is 1. The second kappa shape index (κ2) is 7.14. The van der Waals surface area contributed by atoms with Crippen LogP contribution >= 0.6 is 0 Å². The molecule has 0 atom stereocenters. The van der Waals surface area contributed by atoms with Gasteiger partial charge in [0.15, 0.2) is 0 Å². The molecule has 0 radical (unpaired) electrons. The van der Waals surface area contributed by atoms with Crippen LogP contribution in [-0.4, -0.2) is 43.1 Å². The summed E-state index contributed by atoms with van der Waals surface area (Å²) in [6.07, 6.45) is 3.69. The molecule has 0 aromatic carbocycles. The Labute approximate surface area is 102 Å². The van der Waals surface area contributed by atoms with Crippen LogP contribution < -0.4 is 5.32 Å². The van der Waals surface area contributed by atoms with Crippen molar-refractivity contribution in [3.8, 4) is 0 Å². The lowest BCUT2D eigenvalue weighted by atomic mass is 9.85. The molecular formula is C12H22N2O3. The number of rotatable bonds is 6. The third-order valence-corrected chi connectivity index (χ3v) is 3.06. The molecule has 0 unspecified atom stereocenters. The second-order valence-corrected chi connectivity index (χ2v) is 4.30. The number of urea groups is 1. The quantitative estimate of drug-likeness (QED) is 0.716. The zero-order valence-corrected chi connectivity index (χ0v) is 10.7. The van der Waals surface area contributed by atoms with Crippen LogP contribution in [0, 0.1) is 5.92 Å². The Morgan fingerprint density at radius 2 is 2.06 bits per heavy atom. The van der Waals surface area contributed by atoms with E-state index in [2.05, 4.69) is 5.32 Å². The second-order valence-electron chi connectivity index (χ2n) is 4.30. The van der Waals surface area contributed by atoms with Gasteiger partial charge in [0.1, 0.15) is 6.54 Å². The van der Waals surface area contributed by atoms with Gasteiger partial charge in [-0.1, -0.05) is 6.42 Å². The molecule has 0 aromatic rings. The number of hydrogen-bond acceptors (Lipinski definition) is 3. The molecule has 1 N–H and O–H groups in total. The van der Waals surface area contributed by atoms with Crippen molar-refractivity contribution in [2.45, 2.75) is 33.1 Å². The van der Waals surface area contributed by atoms with E-state index in [1.54, 1.807) is 11.8 Å². The Balaban J connectivity index is 2.25. The highest BCUT2D eigenvalue weighted by atomic mass is 16.5. The number of ether oxygens (including phenoxy) is 1. The van der Waals surface area contributed by atoms with E-state index in [1.165, 1.54) is 19.3 Å². The fraction of sp³-hybridized carbons (Fsp3) is 0.833. The maximum absolute atomic E-state index is 11.8. The molecule has 0 heterocycles. The van der Waals surface area contributed by atoms with Crippen molar-refractivity contribution in [3.05, 3.63) is 0 Å². The molecule has 0 bridgehead atoms. The van der Waals surface area contributed by atoms with E-state index >= 15 is 0 Å². The van der Waals surface area contributed by atoms with Gasteiger partial charge in [0, 0.05) is 13.1 Å². The Hall–Kier alpha value is -1.26. The zero-order valence-electron chi connectivity index (χ0n) is 10.7. The summed E-state index contributed by atoms with van der Waals surface area (Å²) >= 11 is 0. The van der Waals surface area contributed by atoms with E-state index in [-0.39, 0.29) is 18.5 Å². The lowest BCUT2D eigenvalue weighted by Gasteiger charge is -2.31. The highest BCUT2D eigenvalue weighted by Gasteiger charge is 2.22. The lowest BCUT2D eigenvalue weighted by molar-refractivity contribution is -0.141. The van der Waals surface area contributed by atoms with E-state index < -0.39 is 0 Å². The van der Waals surface area contributed by atoms with Crippen LogP contribution in [0.1, 0.15) is 33.1 Å². The van der Waals surface area contributed by atoms with Crippen LogP contribution in [0.4, 0.5) is 4.79 Å². The van der Waals surface area contributed by atoms with Crippen LogP contribution in [0.25, 0.3) is 0 Å². The minimum atomic E-state index is -0.388. The van der Waals surface area contributed by atoms with Crippen LogP contribution in [0.15, 0.2) is 0 Å². The number of amides is 2. The van der Waals surface area contributed by atoms with Crippen LogP contribution in [-0.2, 0) is 9.53 Å². The summed E-state index contributed by atoms with van der Waals surface area (Å²) in [6.45, 7) is 5.45. The van der Waals surface area contributed by atoms with Crippen molar-refractivity contribution in [2.75, 3.05) is 26.2 Å². The van der Waals surface area contributed by atoms with Crippen LogP contribution in [0.2, 0.25) is 0 Å². The third-order valence-electron chi connectivity index (χ3n) is 3.06. The van der Waals surface area contributed by atoms with E-state index in [1.807, 2.05) is 6.92 Å². The molecule has 1 aliphatic carbocycles. The normalized spacial score (nSPS) is 14.9. The molecule has 98 valence electrons. The van der Waals surface area contributed by atoms with Gasteiger partial charge in [-0.2, -0.15) is 0 Å². The van der Waals surface area contributed by atoms with Crippen LogP contribution in [0.3, 0.4) is 0 Å². The van der Waals surface area contributed by atoms with Gasteiger partial charge >= 0.3 is 12.0 Å². The topological polar surface area (TPSA) is 58.6 Å². The minimum absolute atomic E-state index is 0.0478. The average molecular weight is 242 g/mol. The summed E-state index contributed by atoms with van der Waals surface area (Å²) < 4.78 is 4.75. The highest BCUT2D eigenvalue weighted by molar-refractivity contribution is 5.80. The average Bonchev–Trinajstić information content (AvgIpc) is 2.25. The molecule has 2 amide bonds. The summed E-state index contributed by atoms with van der Waals surface area (Å²) in [5.74, 6) is 0.254. The summed E-state index contributed by atoms with van der Waals surface area (Å²) in [7, 11) is 0. The van der Waals surface area contributed by atoms with Gasteiger partial charge in [0.25, 0.3) is 0 Å². The van der Waals surface area contributed by atoms with Crippen molar-refractivity contribution in [1.29, 1.82) is 0 Å². The summed E-state index contributed by atoms with van der Waals surface area (Å²) in [6, 6.07) is -0.174. The van der Waals surface area contributed by atoms with Crippen molar-refractivity contribution < 1.29 is 14.3 Å². The predicted molar refractivity (Wildman–Crippen MR) is 64.6 cm³/mol. The molecule has 5 heteroatoms. The smallest absolute Gasteiger partial charge is 0.325 e. The van der Waals surface area contributed by atoms with Gasteiger partial charge < -0.3 is 15.0 Å². The lowest BCUT2D eigenvalue weighted by Crippen LogP contribution is -2.45. The largest absolute Gasteiger partial charge is 0.465 e. The number of esters is 1. The summed E-state index contributed by atoms with van der Waals surface area (Å²) in [4.78, 5) is 24.6. The molecule has 1 rings (SSSR count). The number of carbonyl (C=O) groups excluding carboxylic acids is 2. The van der Waals surface area contributed by atoms with E-state index in [4.69, 9.17) is 4.74 Å². The molecule has 1 saturated carbocycles. The van der Waals surface area contributed by atoms with Gasteiger partial charge in [-0.25, -0.2) is 4.79 Å². The van der Waals surface area contributed by atoms with E-state index in [9.17, 15) is 9.59 Å². The van der Waals surface area contributed by atoms with Crippen LogP contribution in [0.5, 0.6) is 0 Å². The molecule has 5 nitrogen and oxygen atoms in total. The van der Waals surface area contributed by atoms with Crippen molar-refractivity contribution in [1.82, 2.24) is 10.2 Å². The summed E-state index contributed by atoms with van der Waals surface area (Å²) in [5, 5.41) is 2.58. The minimum Gasteiger partial charge on any atom is -0.465 e. The Bertz CT molecular complexity index is 264. The van der Waals surface area contributed by atoms with Gasteiger partial charge in [-0.15, -0.1) is 0 Å². The number of carbonyl (C=O) groups is 2. The van der Waals surface area contributed by atoms with Gasteiger partial charge in [0.05, 0.1) is 6.61 Å². The first-order chi connectivity index (χ1) is 8.17. The van der Waals surface area contributed by atoms with Crippen molar-refractivity contribution in [3.63, 3.8) is 0 Å².